The molecule has 0 bridgehead atoms. The summed E-state index contributed by atoms with van der Waals surface area (Å²) in [5.41, 5.74) is 6.02. The Morgan fingerprint density at radius 3 is 2.56 bits per heavy atom. The van der Waals surface area contributed by atoms with Gasteiger partial charge in [-0.1, -0.05) is 0 Å². The molecule has 2 fully saturated rings. The van der Waals surface area contributed by atoms with Crippen LogP contribution in [0.15, 0.2) is 54.2 Å². The van der Waals surface area contributed by atoms with Gasteiger partial charge in [0.1, 0.15) is 5.82 Å². The average molecular weight is 527 g/mol. The first kappa shape index (κ1) is 25.2. The number of carbonyl (C=O) groups is 1. The van der Waals surface area contributed by atoms with E-state index in [9.17, 15) is 4.79 Å². The van der Waals surface area contributed by atoms with E-state index in [1.165, 1.54) is 0 Å². The van der Waals surface area contributed by atoms with Crippen molar-refractivity contribution in [3.05, 3.63) is 54.7 Å². The number of carbonyl (C=O) groups excluding carboxylic acids is 1. The molecule has 202 valence electrons. The van der Waals surface area contributed by atoms with E-state index < -0.39 is 0 Å². The SMILES string of the molecule is C/N=C\c1cnn2cc(-c3cnn(C)c3)cc(-c3ccc(N4CCC(C(=O)N[C@H]5C[C@H](OC)C5)CC4)nc3)c12. The van der Waals surface area contributed by atoms with Crippen LogP contribution in [0.1, 0.15) is 31.2 Å². The second-order valence-corrected chi connectivity index (χ2v) is 10.5. The number of piperidine rings is 1. The number of rotatable bonds is 7. The quantitative estimate of drug-likeness (QED) is 0.371. The molecule has 2 aliphatic rings. The van der Waals surface area contributed by atoms with Crippen LogP contribution in [0, 0.1) is 5.92 Å². The predicted molar refractivity (Wildman–Crippen MR) is 151 cm³/mol. The van der Waals surface area contributed by atoms with Crippen LogP contribution in [0.4, 0.5) is 5.82 Å². The number of aromatic nitrogens is 5. The van der Waals surface area contributed by atoms with Crippen molar-refractivity contribution in [2.75, 3.05) is 32.1 Å². The van der Waals surface area contributed by atoms with Crippen molar-refractivity contribution in [1.29, 1.82) is 0 Å². The molecule has 0 spiro atoms. The minimum Gasteiger partial charge on any atom is -0.381 e. The smallest absolute Gasteiger partial charge is 0.223 e. The van der Waals surface area contributed by atoms with Crippen LogP contribution in [0.25, 0.3) is 27.8 Å². The lowest BCUT2D eigenvalue weighted by Crippen LogP contribution is -2.50. The number of nitrogens with one attached hydrogen (secondary N) is 1. The van der Waals surface area contributed by atoms with Crippen molar-refractivity contribution in [1.82, 2.24) is 29.7 Å². The zero-order valence-electron chi connectivity index (χ0n) is 22.6. The van der Waals surface area contributed by atoms with Gasteiger partial charge in [0.2, 0.25) is 5.91 Å². The normalized spacial score (nSPS) is 20.0. The van der Waals surface area contributed by atoms with Crippen LogP contribution < -0.4 is 10.2 Å². The van der Waals surface area contributed by atoms with Crippen LogP contribution in [-0.4, -0.2) is 75.9 Å². The molecule has 0 radical (unpaired) electrons. The van der Waals surface area contributed by atoms with Gasteiger partial charge >= 0.3 is 0 Å². The Balaban J connectivity index is 1.19. The van der Waals surface area contributed by atoms with Gasteiger partial charge in [-0.15, -0.1) is 0 Å². The molecule has 39 heavy (non-hydrogen) atoms. The summed E-state index contributed by atoms with van der Waals surface area (Å²) in [6, 6.07) is 6.62. The molecule has 6 rings (SSSR count). The second-order valence-electron chi connectivity index (χ2n) is 10.5. The monoisotopic (exact) mass is 526 g/mol. The predicted octanol–water partition coefficient (Wildman–Crippen LogP) is 3.36. The van der Waals surface area contributed by atoms with Crippen molar-refractivity contribution in [2.24, 2.45) is 18.0 Å². The topological polar surface area (TPSA) is 102 Å². The summed E-state index contributed by atoms with van der Waals surface area (Å²) < 4.78 is 9.02. The Morgan fingerprint density at radius 1 is 1.08 bits per heavy atom. The number of ether oxygens (including phenoxy) is 1. The molecule has 10 nitrogen and oxygen atoms in total. The first-order chi connectivity index (χ1) is 19.0. The Kier molecular flexibility index (Phi) is 6.86. The molecule has 5 heterocycles. The molecular formula is C29H34N8O2. The summed E-state index contributed by atoms with van der Waals surface area (Å²) in [6.45, 7) is 1.63. The summed E-state index contributed by atoms with van der Waals surface area (Å²) in [7, 11) is 5.41. The molecular weight excluding hydrogens is 492 g/mol. The van der Waals surface area contributed by atoms with Gasteiger partial charge in [0.15, 0.2) is 0 Å². The number of aryl methyl sites for hydroxylation is 1. The zero-order valence-corrected chi connectivity index (χ0v) is 22.6. The Hall–Kier alpha value is -4.05. The maximum Gasteiger partial charge on any atom is 0.223 e. The third-order valence-electron chi connectivity index (χ3n) is 7.97. The maximum absolute atomic E-state index is 12.7. The minimum absolute atomic E-state index is 0.0612. The molecule has 0 aromatic carbocycles. The summed E-state index contributed by atoms with van der Waals surface area (Å²) >= 11 is 0. The van der Waals surface area contributed by atoms with Gasteiger partial charge in [-0.05, 0) is 43.9 Å². The fourth-order valence-corrected chi connectivity index (χ4v) is 5.63. The number of hydrogen-bond acceptors (Lipinski definition) is 7. The van der Waals surface area contributed by atoms with Crippen LogP contribution in [0.5, 0.6) is 0 Å². The van der Waals surface area contributed by atoms with Crippen LogP contribution in [0.3, 0.4) is 0 Å². The number of nitrogens with zero attached hydrogens (tertiary/aromatic N) is 7. The van der Waals surface area contributed by atoms with E-state index in [4.69, 9.17) is 9.72 Å². The summed E-state index contributed by atoms with van der Waals surface area (Å²) in [5, 5.41) is 12.1. The average Bonchev–Trinajstić information content (AvgIpc) is 3.56. The largest absolute Gasteiger partial charge is 0.381 e. The highest BCUT2D eigenvalue weighted by atomic mass is 16.5. The lowest BCUT2D eigenvalue weighted by atomic mass is 9.88. The molecule has 1 amide bonds. The molecule has 1 saturated carbocycles. The molecule has 1 N–H and O–H groups in total. The number of amides is 1. The Morgan fingerprint density at radius 2 is 1.90 bits per heavy atom. The van der Waals surface area contributed by atoms with Crippen molar-refractivity contribution in [3.63, 3.8) is 0 Å². The van der Waals surface area contributed by atoms with Crippen LogP contribution >= 0.6 is 0 Å². The van der Waals surface area contributed by atoms with Crippen LogP contribution in [-0.2, 0) is 16.6 Å². The highest BCUT2D eigenvalue weighted by Gasteiger charge is 2.33. The molecule has 10 heteroatoms. The Bertz CT molecular complexity index is 1490. The molecule has 4 aromatic rings. The minimum atomic E-state index is 0.0612. The van der Waals surface area contributed by atoms with E-state index in [0.29, 0.717) is 6.10 Å². The first-order valence-corrected chi connectivity index (χ1v) is 13.5. The van der Waals surface area contributed by atoms with E-state index in [1.807, 2.05) is 48.8 Å². The maximum atomic E-state index is 12.7. The first-order valence-electron chi connectivity index (χ1n) is 13.5. The molecule has 0 unspecified atom stereocenters. The molecule has 1 aliphatic heterocycles. The third kappa shape index (κ3) is 5.04. The third-order valence-corrected chi connectivity index (χ3v) is 7.97. The Labute approximate surface area is 227 Å². The molecule has 1 saturated heterocycles. The van der Waals surface area contributed by atoms with Gasteiger partial charge in [-0.2, -0.15) is 10.2 Å². The standard InChI is InChI=1S/C29H34N8O2/c1-30-13-22-15-33-37-18-21(23-16-32-35(2)17-23)10-26(28(22)37)20-4-5-27(31-14-20)36-8-6-19(7-9-36)29(38)34-24-11-25(12-24)39-3/h4-5,10,13-19,24-25H,6-9,11-12H2,1-3H3,(H,34,38)/b30-13-/t24-,25-. The highest BCUT2D eigenvalue weighted by molar-refractivity contribution is 5.97. The van der Waals surface area contributed by atoms with E-state index in [1.54, 1.807) is 18.8 Å². The molecule has 0 atom stereocenters. The number of pyridine rings is 2. The van der Waals surface area contributed by atoms with Gasteiger partial charge in [0, 0.05) is 98.9 Å². The number of hydrogen-bond donors (Lipinski definition) is 1. The summed E-state index contributed by atoms with van der Waals surface area (Å²) in [5.74, 6) is 1.18. The van der Waals surface area contributed by atoms with Crippen molar-refractivity contribution in [2.45, 2.75) is 37.8 Å². The second kappa shape index (κ2) is 10.6. The fraction of sp³-hybridized carbons (Fsp3) is 0.414. The lowest BCUT2D eigenvalue weighted by molar-refractivity contribution is -0.128. The van der Waals surface area contributed by atoms with E-state index in [-0.39, 0.29) is 17.9 Å². The summed E-state index contributed by atoms with van der Waals surface area (Å²) in [4.78, 5) is 24.1. The molecule has 4 aromatic heterocycles. The number of aliphatic imine (C=N–C) groups is 1. The van der Waals surface area contributed by atoms with E-state index in [2.05, 4.69) is 43.6 Å². The van der Waals surface area contributed by atoms with Crippen molar-refractivity contribution < 1.29 is 9.53 Å². The van der Waals surface area contributed by atoms with Gasteiger partial charge in [-0.3, -0.25) is 14.5 Å². The number of methoxy groups -OCH3 is 1. The van der Waals surface area contributed by atoms with Crippen molar-refractivity contribution in [3.8, 4) is 22.3 Å². The van der Waals surface area contributed by atoms with Gasteiger partial charge < -0.3 is 15.0 Å². The highest BCUT2D eigenvalue weighted by Crippen LogP contribution is 2.33. The zero-order chi connectivity index (χ0) is 26.9. The summed E-state index contributed by atoms with van der Waals surface area (Å²) in [6.07, 6.45) is 15.3. The number of fused-ring (bicyclic) bond motifs is 1. The van der Waals surface area contributed by atoms with Crippen molar-refractivity contribution >= 4 is 23.5 Å². The lowest BCUT2D eigenvalue weighted by Gasteiger charge is -2.37. The van der Waals surface area contributed by atoms with E-state index >= 15 is 0 Å². The van der Waals surface area contributed by atoms with Gasteiger partial charge in [-0.25, -0.2) is 9.50 Å². The number of anilines is 1. The van der Waals surface area contributed by atoms with Crippen LogP contribution in [0.2, 0.25) is 0 Å². The van der Waals surface area contributed by atoms with E-state index in [0.717, 1.165) is 77.9 Å². The van der Waals surface area contributed by atoms with Gasteiger partial charge in [0.05, 0.1) is 24.0 Å². The molecule has 1 aliphatic carbocycles. The fourth-order valence-electron chi connectivity index (χ4n) is 5.63. The van der Waals surface area contributed by atoms with Gasteiger partial charge in [0.25, 0.3) is 0 Å².